The van der Waals surface area contributed by atoms with E-state index in [1.807, 2.05) is 0 Å². The molecule has 2 unspecified atom stereocenters. The van der Waals surface area contributed by atoms with E-state index in [4.69, 9.17) is 4.43 Å². The predicted molar refractivity (Wildman–Crippen MR) is 114 cm³/mol. The third-order valence-corrected chi connectivity index (χ3v) is 11.0. The van der Waals surface area contributed by atoms with E-state index in [-0.39, 0.29) is 17.0 Å². The number of nitrogens with zero attached hydrogens (tertiary/aromatic N) is 1. The maximum Gasteiger partial charge on any atom is 0.224 e. The summed E-state index contributed by atoms with van der Waals surface area (Å²) >= 11 is 0. The van der Waals surface area contributed by atoms with Gasteiger partial charge in [0, 0.05) is 25.4 Å². The second kappa shape index (κ2) is 9.05. The Labute approximate surface area is 162 Å². The lowest BCUT2D eigenvalue weighted by Crippen LogP contribution is -2.44. The van der Waals surface area contributed by atoms with Crippen LogP contribution in [0.4, 0.5) is 0 Å². The molecule has 1 N–H and O–H groups in total. The Morgan fingerprint density at radius 2 is 1.88 bits per heavy atom. The van der Waals surface area contributed by atoms with Gasteiger partial charge in [-0.15, -0.1) is 5.92 Å². The number of aliphatic hydroxyl groups is 1. The van der Waals surface area contributed by atoms with Gasteiger partial charge in [0.2, 0.25) is 5.91 Å². The largest absolute Gasteiger partial charge is 0.403 e. The van der Waals surface area contributed by atoms with Crippen molar-refractivity contribution < 1.29 is 14.3 Å². The molecule has 1 rings (SSSR count). The summed E-state index contributed by atoms with van der Waals surface area (Å²) in [4.78, 5) is 13.4. The molecule has 1 aliphatic rings. The molecular formula is C20H39NO3Si2. The van der Waals surface area contributed by atoms with Gasteiger partial charge in [0.05, 0.1) is 8.07 Å². The van der Waals surface area contributed by atoms with Gasteiger partial charge in [-0.2, -0.15) is 0 Å². The molecule has 0 saturated carbocycles. The first-order chi connectivity index (χ1) is 11.7. The molecule has 1 fully saturated rings. The van der Waals surface area contributed by atoms with Gasteiger partial charge in [-0.25, -0.2) is 0 Å². The standard InChI is InChI=1S/C20H39NO3Si2/c1-20(2,3)26(7,8)24-17(12-10-16-25(4,5)6)11-9-15-21-18(22)13-14-19(21)23/h17-18,22H,9,11,13-16H2,1-8H3. The highest BCUT2D eigenvalue weighted by molar-refractivity contribution is 6.76. The van der Waals surface area contributed by atoms with Crippen molar-refractivity contribution in [1.29, 1.82) is 0 Å². The number of aliphatic hydroxyl groups excluding tert-OH is 1. The van der Waals surface area contributed by atoms with Crippen molar-refractivity contribution in [1.82, 2.24) is 4.90 Å². The van der Waals surface area contributed by atoms with Crippen LogP contribution in [-0.2, 0) is 9.22 Å². The number of amides is 1. The summed E-state index contributed by atoms with van der Waals surface area (Å²) in [5, 5.41) is 10.1. The number of carbonyl (C=O) groups is 1. The normalized spacial score (nSPS) is 20.1. The number of carbonyl (C=O) groups excluding carboxylic acids is 1. The molecule has 0 aromatic heterocycles. The first kappa shape index (κ1) is 23.4. The molecule has 1 saturated heterocycles. The van der Waals surface area contributed by atoms with E-state index in [9.17, 15) is 9.90 Å². The molecule has 0 aliphatic carbocycles. The molecule has 26 heavy (non-hydrogen) atoms. The van der Waals surface area contributed by atoms with E-state index in [0.717, 1.165) is 18.9 Å². The smallest absolute Gasteiger partial charge is 0.224 e. The topological polar surface area (TPSA) is 49.8 Å². The first-order valence-corrected chi connectivity index (χ1v) is 16.5. The summed E-state index contributed by atoms with van der Waals surface area (Å²) in [5.74, 6) is 6.82. The molecule has 1 heterocycles. The van der Waals surface area contributed by atoms with Crippen LogP contribution in [0.2, 0.25) is 43.8 Å². The van der Waals surface area contributed by atoms with Gasteiger partial charge in [0.15, 0.2) is 8.32 Å². The SMILES string of the molecule is CC(C)(C)[Si](C)(C)OC(C#CC[Si](C)(C)C)CCCN1C(=O)CCC1O. The Hall–Kier alpha value is -0.616. The van der Waals surface area contributed by atoms with E-state index in [1.165, 1.54) is 0 Å². The molecule has 0 radical (unpaired) electrons. The van der Waals surface area contributed by atoms with Gasteiger partial charge in [-0.05, 0) is 31.0 Å². The van der Waals surface area contributed by atoms with Crippen molar-refractivity contribution >= 4 is 22.3 Å². The average molecular weight is 398 g/mol. The highest BCUT2D eigenvalue weighted by Gasteiger charge is 2.39. The zero-order valence-corrected chi connectivity index (χ0v) is 20.1. The summed E-state index contributed by atoms with van der Waals surface area (Å²) < 4.78 is 6.55. The van der Waals surface area contributed by atoms with E-state index < -0.39 is 22.6 Å². The summed E-state index contributed by atoms with van der Waals surface area (Å²) in [6.07, 6.45) is 1.94. The van der Waals surface area contributed by atoms with Gasteiger partial charge in [-0.3, -0.25) is 4.79 Å². The highest BCUT2D eigenvalue weighted by atomic mass is 28.4. The second-order valence-corrected chi connectivity index (χ2v) is 20.4. The predicted octanol–water partition coefficient (Wildman–Crippen LogP) is 4.44. The Bertz CT molecular complexity index is 538. The van der Waals surface area contributed by atoms with Crippen LogP contribution in [0.5, 0.6) is 0 Å². The lowest BCUT2D eigenvalue weighted by atomic mass is 10.2. The first-order valence-electron chi connectivity index (χ1n) is 9.87. The van der Waals surface area contributed by atoms with Crippen LogP contribution in [0.25, 0.3) is 0 Å². The van der Waals surface area contributed by atoms with Gasteiger partial charge in [0.25, 0.3) is 0 Å². The minimum absolute atomic E-state index is 0.0594. The number of hydrogen-bond donors (Lipinski definition) is 1. The molecular weight excluding hydrogens is 358 g/mol. The zero-order valence-electron chi connectivity index (χ0n) is 18.1. The van der Waals surface area contributed by atoms with E-state index in [1.54, 1.807) is 4.90 Å². The summed E-state index contributed by atoms with van der Waals surface area (Å²) in [5.41, 5.74) is 0. The third-order valence-electron chi connectivity index (χ3n) is 5.29. The summed E-state index contributed by atoms with van der Waals surface area (Å²) in [6, 6.07) is 0.980. The number of hydrogen-bond acceptors (Lipinski definition) is 3. The van der Waals surface area contributed by atoms with Crippen molar-refractivity contribution in [3.8, 4) is 11.8 Å². The highest BCUT2D eigenvalue weighted by Crippen LogP contribution is 2.37. The molecule has 0 aromatic rings. The van der Waals surface area contributed by atoms with E-state index in [2.05, 4.69) is 65.3 Å². The summed E-state index contributed by atoms with van der Waals surface area (Å²) in [7, 11) is -3.09. The van der Waals surface area contributed by atoms with Crippen molar-refractivity contribution in [2.75, 3.05) is 6.54 Å². The zero-order chi connectivity index (χ0) is 20.2. The minimum atomic E-state index is -1.89. The molecule has 0 aromatic carbocycles. The van der Waals surface area contributed by atoms with Crippen LogP contribution >= 0.6 is 0 Å². The molecule has 0 bridgehead atoms. The van der Waals surface area contributed by atoms with Crippen LogP contribution in [0.3, 0.4) is 0 Å². The lowest BCUT2D eigenvalue weighted by molar-refractivity contribution is -0.133. The quantitative estimate of drug-likeness (QED) is 0.510. The third kappa shape index (κ3) is 7.55. The van der Waals surface area contributed by atoms with Gasteiger partial charge < -0.3 is 14.4 Å². The fraction of sp³-hybridized carbons (Fsp3) is 0.850. The van der Waals surface area contributed by atoms with E-state index in [0.29, 0.717) is 19.4 Å². The monoisotopic (exact) mass is 397 g/mol. The van der Waals surface area contributed by atoms with Gasteiger partial charge in [-0.1, -0.05) is 46.3 Å². The molecule has 1 aliphatic heterocycles. The minimum Gasteiger partial charge on any atom is -0.403 e. The van der Waals surface area contributed by atoms with Crippen molar-refractivity contribution in [3.05, 3.63) is 0 Å². The molecule has 2 atom stereocenters. The van der Waals surface area contributed by atoms with E-state index >= 15 is 0 Å². The van der Waals surface area contributed by atoms with Crippen LogP contribution in [0.15, 0.2) is 0 Å². The fourth-order valence-electron chi connectivity index (χ4n) is 2.56. The fourth-order valence-corrected chi connectivity index (χ4v) is 4.44. The Balaban J connectivity index is 2.72. The van der Waals surface area contributed by atoms with Gasteiger partial charge in [0.1, 0.15) is 12.3 Å². The van der Waals surface area contributed by atoms with Gasteiger partial charge >= 0.3 is 0 Å². The molecule has 4 nitrogen and oxygen atoms in total. The summed E-state index contributed by atoms with van der Waals surface area (Å²) in [6.45, 7) is 18.8. The Morgan fingerprint density at radius 3 is 2.35 bits per heavy atom. The van der Waals surface area contributed by atoms with Crippen LogP contribution in [0, 0.1) is 11.8 Å². The molecule has 0 spiro atoms. The Morgan fingerprint density at radius 1 is 1.27 bits per heavy atom. The second-order valence-electron chi connectivity index (χ2n) is 10.2. The Kier molecular flexibility index (Phi) is 8.15. The van der Waals surface area contributed by atoms with Crippen molar-refractivity contribution in [2.45, 2.75) is 103 Å². The lowest BCUT2D eigenvalue weighted by Gasteiger charge is -2.38. The number of rotatable bonds is 7. The van der Waals surface area contributed by atoms with Crippen LogP contribution < -0.4 is 0 Å². The molecule has 1 amide bonds. The van der Waals surface area contributed by atoms with Crippen molar-refractivity contribution in [2.24, 2.45) is 0 Å². The van der Waals surface area contributed by atoms with Crippen molar-refractivity contribution in [3.63, 3.8) is 0 Å². The maximum absolute atomic E-state index is 11.8. The van der Waals surface area contributed by atoms with Crippen LogP contribution in [0.1, 0.15) is 46.5 Å². The maximum atomic E-state index is 11.8. The molecule has 150 valence electrons. The average Bonchev–Trinajstić information content (AvgIpc) is 2.75. The van der Waals surface area contributed by atoms with Crippen LogP contribution in [-0.4, -0.2) is 51.2 Å². The molecule has 6 heteroatoms. The number of likely N-dealkylation sites (tertiary alicyclic amines) is 1.